The molecule has 0 bridgehead atoms. The number of nitrogens with one attached hydrogen (secondary N) is 1. The largest absolute Gasteiger partial charge is 0.497 e. The Morgan fingerprint density at radius 1 is 1.03 bits per heavy atom. The van der Waals surface area contributed by atoms with Gasteiger partial charge < -0.3 is 24.8 Å². The van der Waals surface area contributed by atoms with E-state index in [2.05, 4.69) is 21.4 Å². The highest BCUT2D eigenvalue weighted by atomic mass is 16.5. The van der Waals surface area contributed by atoms with Crippen LogP contribution in [0.2, 0.25) is 0 Å². The van der Waals surface area contributed by atoms with Crippen LogP contribution in [-0.4, -0.2) is 42.7 Å². The van der Waals surface area contributed by atoms with Gasteiger partial charge in [0.1, 0.15) is 16.6 Å². The Kier molecular flexibility index (Phi) is 9.50. The number of hydrogen-bond donors (Lipinski definition) is 2. The minimum atomic E-state index is -0.889. The fraction of sp³-hybridized carbons (Fsp3) is 0.276. The van der Waals surface area contributed by atoms with Crippen LogP contribution in [-0.2, 0) is 24.3 Å². The van der Waals surface area contributed by atoms with Gasteiger partial charge in [-0.15, -0.1) is 4.95 Å². The van der Waals surface area contributed by atoms with Crippen molar-refractivity contribution in [3.05, 3.63) is 94.4 Å². The maximum atomic E-state index is 11.3. The Morgan fingerprint density at radius 2 is 1.76 bits per heavy atom. The summed E-state index contributed by atoms with van der Waals surface area (Å²) in [6, 6.07) is 19.3. The fourth-order valence-electron chi connectivity index (χ4n) is 4.09. The molecule has 0 saturated carbocycles. The number of benzene rings is 3. The molecule has 37 heavy (non-hydrogen) atoms. The van der Waals surface area contributed by atoms with Gasteiger partial charge in [0.05, 0.1) is 20.6 Å². The van der Waals surface area contributed by atoms with Crippen LogP contribution in [0.4, 0.5) is 0 Å². The van der Waals surface area contributed by atoms with Gasteiger partial charge in [0.2, 0.25) is 0 Å². The summed E-state index contributed by atoms with van der Waals surface area (Å²) in [5, 5.41) is 16.6. The molecule has 192 valence electrons. The van der Waals surface area contributed by atoms with Crippen LogP contribution in [0.3, 0.4) is 0 Å². The summed E-state index contributed by atoms with van der Waals surface area (Å²) < 4.78 is 10.8. The summed E-state index contributed by atoms with van der Waals surface area (Å²) in [7, 11) is 3.23. The Balaban J connectivity index is 1.93. The van der Waals surface area contributed by atoms with Crippen molar-refractivity contribution >= 4 is 11.9 Å². The van der Waals surface area contributed by atoms with Gasteiger partial charge in [0, 0.05) is 25.2 Å². The van der Waals surface area contributed by atoms with Crippen molar-refractivity contribution in [3.63, 3.8) is 0 Å². The molecular weight excluding hydrogens is 468 g/mol. The summed E-state index contributed by atoms with van der Waals surface area (Å²) >= 11 is 0. The number of aryl methyl sites for hydroxylation is 1. The smallest absolute Gasteiger partial charge is 0.307 e. The topological polar surface area (TPSA) is 87.8 Å². The average molecular weight is 501 g/mol. The zero-order valence-electron chi connectivity index (χ0n) is 21.6. The second-order valence-electron chi connectivity index (χ2n) is 8.51. The first kappa shape index (κ1) is 27.1. The van der Waals surface area contributed by atoms with Crippen molar-refractivity contribution < 1.29 is 19.4 Å². The number of nitrogens with zero attached hydrogens (tertiary/aromatic N) is 3. The van der Waals surface area contributed by atoms with Gasteiger partial charge in [-0.25, -0.2) is 0 Å². The van der Waals surface area contributed by atoms with Crippen LogP contribution in [0, 0.1) is 13.5 Å². The number of rotatable bonds is 10. The van der Waals surface area contributed by atoms with E-state index in [4.69, 9.17) is 16.0 Å². The molecule has 8 nitrogen and oxygen atoms in total. The van der Waals surface area contributed by atoms with E-state index in [-0.39, 0.29) is 6.42 Å². The minimum absolute atomic E-state index is 0.0731. The molecule has 0 aliphatic carbocycles. The Morgan fingerprint density at radius 3 is 2.38 bits per heavy atom. The van der Waals surface area contributed by atoms with Crippen LogP contribution in [0.15, 0.2) is 65.8 Å². The van der Waals surface area contributed by atoms with Crippen molar-refractivity contribution in [2.24, 2.45) is 5.10 Å². The Hall–Kier alpha value is -4.51. The monoisotopic (exact) mass is 500 g/mol. The maximum absolute atomic E-state index is 11.3. The molecule has 3 aromatic rings. The predicted molar refractivity (Wildman–Crippen MR) is 144 cm³/mol. The van der Waals surface area contributed by atoms with Crippen molar-refractivity contribution in [2.45, 2.75) is 33.4 Å². The second kappa shape index (κ2) is 13.0. The number of carboxylic acid groups (broad SMARTS) is 1. The molecule has 0 radical (unpaired) electrons. The summed E-state index contributed by atoms with van der Waals surface area (Å²) in [6.45, 7) is 13.0. The summed E-state index contributed by atoms with van der Waals surface area (Å²) in [6.07, 6.45) is -0.0731. The number of carbonyl (C=O) groups is 1. The molecule has 2 N–H and O–H groups in total. The number of methoxy groups -OCH3 is 2. The summed E-state index contributed by atoms with van der Waals surface area (Å²) in [5.74, 6) is 1.03. The molecule has 0 heterocycles. The molecule has 0 aromatic heterocycles. The first-order valence-corrected chi connectivity index (χ1v) is 11.9. The molecule has 0 aliphatic rings. The Labute approximate surface area is 218 Å². The lowest BCUT2D eigenvalue weighted by molar-refractivity contribution is -0.136. The predicted octanol–water partition coefficient (Wildman–Crippen LogP) is 5.11. The third-order valence-corrected chi connectivity index (χ3v) is 5.97. The van der Waals surface area contributed by atoms with Gasteiger partial charge in [0.25, 0.3) is 5.96 Å². The van der Waals surface area contributed by atoms with E-state index in [1.165, 1.54) is 0 Å². The highest BCUT2D eigenvalue weighted by Gasteiger charge is 2.18. The molecule has 0 unspecified atom stereocenters. The number of guanidine groups is 1. The maximum Gasteiger partial charge on any atom is 0.307 e. The number of hydrogen-bond acceptors (Lipinski definition) is 4. The fourth-order valence-corrected chi connectivity index (χ4v) is 4.09. The molecule has 0 atom stereocenters. The average Bonchev–Trinajstić information content (AvgIpc) is 2.90. The SMILES string of the molecule is [C-]#[N+]/N=C(\NCc1ccc(OC)cc1)N(CC)Cc1cc(C)ccc1-c1cc(CC(=O)O)ccc1OC. The van der Waals surface area contributed by atoms with Crippen molar-refractivity contribution in [1.82, 2.24) is 10.2 Å². The number of carboxylic acids is 1. The summed E-state index contributed by atoms with van der Waals surface area (Å²) in [5.41, 5.74) is 5.58. The zero-order chi connectivity index (χ0) is 26.8. The van der Waals surface area contributed by atoms with Crippen LogP contribution in [0.25, 0.3) is 16.1 Å². The molecule has 0 saturated heterocycles. The van der Waals surface area contributed by atoms with Gasteiger partial charge >= 0.3 is 5.97 Å². The standard InChI is InChI=1S/C29H32N4O4/c1-6-33(29(32-30-3)31-18-21-8-11-24(36-4)12-9-21)19-23-15-20(2)7-13-25(23)26-16-22(17-28(34)35)10-14-27(26)37-5/h7-16H,6,17-19H2,1-2,4-5H3,(H,31,32)(H,34,35). The van der Waals surface area contributed by atoms with Gasteiger partial charge in [-0.3, -0.25) is 4.79 Å². The molecule has 3 rings (SSSR count). The Bertz CT molecular complexity index is 1300. The lowest BCUT2D eigenvalue weighted by Gasteiger charge is -2.25. The molecule has 0 fully saturated rings. The van der Waals surface area contributed by atoms with Crippen molar-refractivity contribution in [3.8, 4) is 22.6 Å². The number of ether oxygens (including phenoxy) is 2. The molecule has 0 amide bonds. The van der Waals surface area contributed by atoms with Crippen molar-refractivity contribution in [1.29, 1.82) is 0 Å². The molecule has 3 aromatic carbocycles. The lowest BCUT2D eigenvalue weighted by Crippen LogP contribution is -2.40. The molecule has 8 heteroatoms. The van der Waals surface area contributed by atoms with E-state index >= 15 is 0 Å². The number of aliphatic carboxylic acids is 1. The molecule has 0 spiro atoms. The first-order valence-electron chi connectivity index (χ1n) is 11.9. The zero-order valence-corrected chi connectivity index (χ0v) is 21.6. The van der Waals surface area contributed by atoms with E-state index in [9.17, 15) is 9.90 Å². The minimum Gasteiger partial charge on any atom is -0.497 e. The van der Waals surface area contributed by atoms with E-state index in [1.54, 1.807) is 26.4 Å². The van der Waals surface area contributed by atoms with E-state index in [0.717, 1.165) is 33.6 Å². The van der Waals surface area contributed by atoms with E-state index < -0.39 is 5.97 Å². The quantitative estimate of drug-likeness (QED) is 0.174. The molecular formula is C29H32N4O4. The summed E-state index contributed by atoms with van der Waals surface area (Å²) in [4.78, 5) is 16.6. The van der Waals surface area contributed by atoms with Crippen LogP contribution >= 0.6 is 0 Å². The van der Waals surface area contributed by atoms with Crippen LogP contribution in [0.5, 0.6) is 11.5 Å². The van der Waals surface area contributed by atoms with Crippen molar-refractivity contribution in [2.75, 3.05) is 20.8 Å². The van der Waals surface area contributed by atoms with Gasteiger partial charge in [-0.05, 0) is 60.4 Å². The lowest BCUT2D eigenvalue weighted by atomic mass is 9.94. The normalized spacial score (nSPS) is 10.9. The third-order valence-electron chi connectivity index (χ3n) is 5.97. The van der Waals surface area contributed by atoms with Gasteiger partial charge in [-0.2, -0.15) is 6.57 Å². The first-order chi connectivity index (χ1) is 17.9. The van der Waals surface area contributed by atoms with E-state index in [1.807, 2.05) is 61.2 Å². The highest BCUT2D eigenvalue weighted by Crippen LogP contribution is 2.34. The van der Waals surface area contributed by atoms with Crippen LogP contribution in [0.1, 0.15) is 29.2 Å². The van der Waals surface area contributed by atoms with Crippen LogP contribution < -0.4 is 14.8 Å². The van der Waals surface area contributed by atoms with E-state index in [0.29, 0.717) is 36.9 Å². The second-order valence-corrected chi connectivity index (χ2v) is 8.51. The molecule has 0 aliphatic heterocycles. The third kappa shape index (κ3) is 7.24. The van der Waals surface area contributed by atoms with Gasteiger partial charge in [0.15, 0.2) is 0 Å². The highest BCUT2D eigenvalue weighted by molar-refractivity contribution is 5.81. The van der Waals surface area contributed by atoms with Gasteiger partial charge in [-0.1, -0.05) is 42.0 Å².